The van der Waals surface area contributed by atoms with E-state index < -0.39 is 0 Å². The average Bonchev–Trinajstić information content (AvgIpc) is 3.48. The Kier molecular flexibility index (Phi) is 4.98. The fourth-order valence-corrected chi connectivity index (χ4v) is 5.29. The van der Waals surface area contributed by atoms with E-state index >= 15 is 0 Å². The van der Waals surface area contributed by atoms with Gasteiger partial charge in [-0.3, -0.25) is 4.79 Å². The number of carbonyl (C=O) groups is 1. The van der Waals surface area contributed by atoms with Crippen LogP contribution in [0.4, 0.5) is 10.8 Å². The van der Waals surface area contributed by atoms with Gasteiger partial charge >= 0.3 is 0 Å². The lowest BCUT2D eigenvalue weighted by Crippen LogP contribution is -2.49. The number of piperazine rings is 1. The Morgan fingerprint density at radius 1 is 1.20 bits per heavy atom. The van der Waals surface area contributed by atoms with E-state index in [1.54, 1.807) is 17.6 Å². The van der Waals surface area contributed by atoms with Gasteiger partial charge in [0.25, 0.3) is 5.91 Å². The van der Waals surface area contributed by atoms with Gasteiger partial charge in [-0.25, -0.2) is 4.98 Å². The van der Waals surface area contributed by atoms with E-state index in [-0.39, 0.29) is 5.91 Å². The molecule has 30 heavy (non-hydrogen) atoms. The van der Waals surface area contributed by atoms with Crippen molar-refractivity contribution in [2.75, 3.05) is 36.0 Å². The second kappa shape index (κ2) is 7.80. The van der Waals surface area contributed by atoms with Crippen LogP contribution >= 0.6 is 11.3 Å². The smallest absolute Gasteiger partial charge is 0.257 e. The molecule has 0 N–H and O–H groups in total. The van der Waals surface area contributed by atoms with Crippen molar-refractivity contribution in [2.24, 2.45) is 0 Å². The molecule has 0 aliphatic carbocycles. The number of furan rings is 1. The zero-order chi connectivity index (χ0) is 20.7. The first-order valence-corrected chi connectivity index (χ1v) is 11.4. The molecule has 2 aliphatic rings. The number of hydrogen-bond donors (Lipinski definition) is 0. The second-order valence-electron chi connectivity index (χ2n) is 8.12. The Morgan fingerprint density at radius 2 is 2.00 bits per heavy atom. The molecule has 0 saturated carbocycles. The van der Waals surface area contributed by atoms with Gasteiger partial charge in [-0.1, -0.05) is 18.2 Å². The number of thiazole rings is 1. The van der Waals surface area contributed by atoms with E-state index in [1.807, 2.05) is 17.9 Å². The molecule has 2 aliphatic heterocycles. The number of aromatic nitrogens is 1. The predicted octanol–water partition coefficient (Wildman–Crippen LogP) is 3.96. The molecule has 0 radical (unpaired) electrons. The lowest BCUT2D eigenvalue weighted by Gasteiger charge is -2.34. The third kappa shape index (κ3) is 3.47. The van der Waals surface area contributed by atoms with E-state index in [1.165, 1.54) is 11.3 Å². The summed E-state index contributed by atoms with van der Waals surface area (Å²) < 4.78 is 5.79. The minimum atomic E-state index is 0.0638. The van der Waals surface area contributed by atoms with E-state index in [0.717, 1.165) is 36.1 Å². The number of fused-ring (bicyclic) bond motifs is 1. The molecule has 2 aromatic heterocycles. The van der Waals surface area contributed by atoms with Gasteiger partial charge in [0, 0.05) is 43.3 Å². The highest BCUT2D eigenvalue weighted by Gasteiger charge is 2.30. The van der Waals surface area contributed by atoms with Gasteiger partial charge in [-0.05, 0) is 38.0 Å². The van der Waals surface area contributed by atoms with Crippen LogP contribution in [0.2, 0.25) is 0 Å². The molecule has 1 aromatic carbocycles. The summed E-state index contributed by atoms with van der Waals surface area (Å²) in [4.78, 5) is 24.4. The molecular formula is C23H26N4O2S. The molecule has 4 heterocycles. The first-order chi connectivity index (χ1) is 14.6. The number of amides is 1. The van der Waals surface area contributed by atoms with E-state index in [0.29, 0.717) is 31.2 Å². The zero-order valence-electron chi connectivity index (χ0n) is 17.4. The minimum Gasteiger partial charge on any atom is -0.467 e. The molecule has 0 spiro atoms. The number of anilines is 2. The first kappa shape index (κ1) is 19.2. The Bertz CT molecular complexity index is 1050. The summed E-state index contributed by atoms with van der Waals surface area (Å²) >= 11 is 1.67. The first-order valence-electron chi connectivity index (χ1n) is 10.5. The lowest BCUT2D eigenvalue weighted by atomic mass is 10.1. The molecule has 1 unspecified atom stereocenters. The van der Waals surface area contributed by atoms with Crippen LogP contribution in [0.15, 0.2) is 46.4 Å². The van der Waals surface area contributed by atoms with Crippen LogP contribution in [-0.2, 0) is 13.0 Å². The fraction of sp³-hybridized carbons (Fsp3) is 0.391. The molecule has 1 atom stereocenters. The number of benzene rings is 1. The summed E-state index contributed by atoms with van der Waals surface area (Å²) in [6.45, 7) is 7.87. The van der Waals surface area contributed by atoms with Gasteiger partial charge in [0.1, 0.15) is 5.76 Å². The molecule has 7 heteroatoms. The van der Waals surface area contributed by atoms with Crippen LogP contribution in [-0.4, -0.2) is 48.0 Å². The Morgan fingerprint density at radius 3 is 2.77 bits per heavy atom. The van der Waals surface area contributed by atoms with Crippen LogP contribution in [0.5, 0.6) is 0 Å². The Balaban J connectivity index is 1.28. The second-order valence-corrected chi connectivity index (χ2v) is 8.95. The fourth-order valence-electron chi connectivity index (χ4n) is 4.44. The van der Waals surface area contributed by atoms with E-state index in [4.69, 9.17) is 4.42 Å². The number of carbonyl (C=O) groups excluding carboxylic acids is 1. The Hall–Kier alpha value is -2.80. The van der Waals surface area contributed by atoms with E-state index in [9.17, 15) is 4.79 Å². The molecular weight excluding hydrogens is 396 g/mol. The number of nitrogens with zero attached hydrogens (tertiary/aromatic N) is 4. The lowest BCUT2D eigenvalue weighted by molar-refractivity contribution is 0.0744. The van der Waals surface area contributed by atoms with Crippen LogP contribution in [0.1, 0.15) is 34.3 Å². The van der Waals surface area contributed by atoms with Crippen molar-refractivity contribution < 1.29 is 9.21 Å². The van der Waals surface area contributed by atoms with Crippen molar-refractivity contribution in [3.63, 3.8) is 0 Å². The van der Waals surface area contributed by atoms with Gasteiger partial charge in [0.05, 0.1) is 24.1 Å². The standard InChI is InChI=1S/C23H26N4O2S/c1-16-15-30-23(24-16)26-10-8-25(9-11-26)22(28)19-7-12-29-21(19)14-27-17(2)13-18-5-3-4-6-20(18)27/h3-7,12,15,17H,8-11,13-14H2,1-2H3. The van der Waals surface area contributed by atoms with Gasteiger partial charge in [0.2, 0.25) is 0 Å². The summed E-state index contributed by atoms with van der Waals surface area (Å²) in [5.74, 6) is 0.815. The van der Waals surface area contributed by atoms with Gasteiger partial charge in [-0.2, -0.15) is 0 Å². The van der Waals surface area contributed by atoms with Crippen molar-refractivity contribution in [1.82, 2.24) is 9.88 Å². The molecule has 156 valence electrons. The Labute approximate surface area is 180 Å². The minimum absolute atomic E-state index is 0.0638. The molecule has 6 nitrogen and oxygen atoms in total. The highest BCUT2D eigenvalue weighted by Crippen LogP contribution is 2.34. The molecule has 1 fully saturated rings. The molecule has 1 saturated heterocycles. The van der Waals surface area contributed by atoms with Crippen LogP contribution < -0.4 is 9.80 Å². The quantitative estimate of drug-likeness (QED) is 0.637. The van der Waals surface area contributed by atoms with E-state index in [2.05, 4.69) is 51.4 Å². The third-order valence-electron chi connectivity index (χ3n) is 6.08. The maximum absolute atomic E-state index is 13.2. The van der Waals surface area contributed by atoms with Gasteiger partial charge < -0.3 is 19.1 Å². The highest BCUT2D eigenvalue weighted by molar-refractivity contribution is 7.13. The van der Waals surface area contributed by atoms with Crippen LogP contribution in [0.3, 0.4) is 0 Å². The van der Waals surface area contributed by atoms with Crippen LogP contribution in [0.25, 0.3) is 0 Å². The number of para-hydroxylation sites is 1. The summed E-state index contributed by atoms with van der Waals surface area (Å²) in [7, 11) is 0. The molecule has 5 rings (SSSR count). The average molecular weight is 423 g/mol. The monoisotopic (exact) mass is 422 g/mol. The largest absolute Gasteiger partial charge is 0.467 e. The number of rotatable bonds is 4. The van der Waals surface area contributed by atoms with Crippen molar-refractivity contribution in [1.29, 1.82) is 0 Å². The SMILES string of the molecule is Cc1csc(N2CCN(C(=O)c3ccoc3CN3c4ccccc4CC3C)CC2)n1. The van der Waals surface area contributed by atoms with Gasteiger partial charge in [0.15, 0.2) is 5.13 Å². The summed E-state index contributed by atoms with van der Waals surface area (Å²) in [6.07, 6.45) is 2.67. The maximum atomic E-state index is 13.2. The van der Waals surface area contributed by atoms with Crippen molar-refractivity contribution >= 4 is 28.1 Å². The summed E-state index contributed by atoms with van der Waals surface area (Å²) in [5, 5.41) is 3.12. The zero-order valence-corrected chi connectivity index (χ0v) is 18.2. The van der Waals surface area contributed by atoms with Crippen molar-refractivity contribution in [2.45, 2.75) is 32.9 Å². The predicted molar refractivity (Wildman–Crippen MR) is 119 cm³/mol. The molecule has 0 bridgehead atoms. The van der Waals surface area contributed by atoms with Crippen LogP contribution in [0, 0.1) is 6.92 Å². The molecule has 3 aromatic rings. The van der Waals surface area contributed by atoms with Crippen molar-refractivity contribution in [3.05, 3.63) is 64.6 Å². The van der Waals surface area contributed by atoms with Gasteiger partial charge in [-0.15, -0.1) is 11.3 Å². The third-order valence-corrected chi connectivity index (χ3v) is 7.10. The molecule has 1 amide bonds. The van der Waals surface area contributed by atoms with Crippen molar-refractivity contribution in [3.8, 4) is 0 Å². The summed E-state index contributed by atoms with van der Waals surface area (Å²) in [5.41, 5.74) is 4.34. The normalized spacial score (nSPS) is 18.7. The highest BCUT2D eigenvalue weighted by atomic mass is 32.1. The topological polar surface area (TPSA) is 52.8 Å². The number of aryl methyl sites for hydroxylation is 1. The maximum Gasteiger partial charge on any atom is 0.257 e. The summed E-state index contributed by atoms with van der Waals surface area (Å²) in [6, 6.07) is 10.7. The number of hydrogen-bond acceptors (Lipinski definition) is 6.